The van der Waals surface area contributed by atoms with Gasteiger partial charge in [0.15, 0.2) is 23.4 Å². The van der Waals surface area contributed by atoms with Gasteiger partial charge in [-0.25, -0.2) is 19.3 Å². The first-order valence-corrected chi connectivity index (χ1v) is 6.03. The molecule has 0 aliphatic carbocycles. The normalized spacial score (nSPS) is 33.9. The van der Waals surface area contributed by atoms with Crippen LogP contribution in [-0.4, -0.2) is 54.2 Å². The lowest BCUT2D eigenvalue weighted by molar-refractivity contribution is -0.0566. The molecule has 2 aromatic heterocycles. The number of hydrogen-bond donors (Lipinski definition) is 3. The average molecular weight is 283 g/mol. The first-order chi connectivity index (χ1) is 9.46. The van der Waals surface area contributed by atoms with Crippen LogP contribution < -0.4 is 5.73 Å². The topological polar surface area (TPSA) is 119 Å². The molecule has 1 saturated heterocycles. The van der Waals surface area contributed by atoms with E-state index >= 15 is 0 Å². The summed E-state index contributed by atoms with van der Waals surface area (Å²) in [6.45, 7) is 0.718. The Morgan fingerprint density at radius 1 is 1.50 bits per heavy atom. The summed E-state index contributed by atoms with van der Waals surface area (Å²) in [6, 6.07) is 0. The largest absolute Gasteiger partial charge is 0.394 e. The molecule has 108 valence electrons. The van der Waals surface area contributed by atoms with Crippen molar-refractivity contribution in [3.05, 3.63) is 12.7 Å². The minimum absolute atomic E-state index is 0.173. The molecule has 3 heterocycles. The van der Waals surface area contributed by atoms with Gasteiger partial charge >= 0.3 is 0 Å². The molecule has 1 aliphatic rings. The highest BCUT2D eigenvalue weighted by atomic mass is 19.1. The van der Waals surface area contributed by atoms with E-state index < -0.39 is 30.7 Å². The highest BCUT2D eigenvalue weighted by molar-refractivity contribution is 5.81. The summed E-state index contributed by atoms with van der Waals surface area (Å²) in [6.07, 6.45) is -1.06. The lowest BCUT2D eigenvalue weighted by Crippen LogP contribution is -2.40. The van der Waals surface area contributed by atoms with Crippen LogP contribution in [0.15, 0.2) is 12.7 Å². The number of ether oxygens (including phenoxy) is 1. The molecule has 1 unspecified atom stereocenters. The van der Waals surface area contributed by atoms with E-state index in [0.717, 1.165) is 0 Å². The van der Waals surface area contributed by atoms with Crippen LogP contribution in [0.3, 0.4) is 0 Å². The van der Waals surface area contributed by atoms with Crippen LogP contribution in [-0.2, 0) is 4.74 Å². The van der Waals surface area contributed by atoms with E-state index in [1.807, 2.05) is 0 Å². The van der Waals surface area contributed by atoms with Gasteiger partial charge < -0.3 is 20.7 Å². The van der Waals surface area contributed by atoms with Gasteiger partial charge in [-0.1, -0.05) is 0 Å². The van der Waals surface area contributed by atoms with Gasteiger partial charge in [0.25, 0.3) is 0 Å². The number of aliphatic hydroxyl groups is 2. The van der Waals surface area contributed by atoms with Crippen LogP contribution in [0.2, 0.25) is 0 Å². The van der Waals surface area contributed by atoms with Gasteiger partial charge in [-0.15, -0.1) is 0 Å². The van der Waals surface area contributed by atoms with E-state index in [4.69, 9.17) is 15.6 Å². The average Bonchev–Trinajstić information content (AvgIpc) is 2.92. The number of nitrogens with zero attached hydrogens (tertiary/aromatic N) is 4. The van der Waals surface area contributed by atoms with E-state index in [2.05, 4.69) is 15.0 Å². The molecule has 1 fully saturated rings. The number of rotatable bonds is 2. The van der Waals surface area contributed by atoms with E-state index in [0.29, 0.717) is 11.2 Å². The lowest BCUT2D eigenvalue weighted by atomic mass is 9.98. The Balaban J connectivity index is 2.10. The third-order valence-corrected chi connectivity index (χ3v) is 3.54. The van der Waals surface area contributed by atoms with Crippen molar-refractivity contribution < 1.29 is 19.3 Å². The van der Waals surface area contributed by atoms with Crippen LogP contribution in [0, 0.1) is 0 Å². The van der Waals surface area contributed by atoms with E-state index in [9.17, 15) is 9.50 Å². The molecule has 9 heteroatoms. The predicted molar refractivity (Wildman–Crippen MR) is 66.3 cm³/mol. The Morgan fingerprint density at radius 2 is 2.25 bits per heavy atom. The van der Waals surface area contributed by atoms with Gasteiger partial charge in [-0.2, -0.15) is 0 Å². The first-order valence-electron chi connectivity index (χ1n) is 6.03. The number of hydrogen-bond acceptors (Lipinski definition) is 7. The minimum atomic E-state index is -2.10. The number of aliphatic hydroxyl groups excluding tert-OH is 2. The standard InChI is InChI=1S/C11H14FN5O3/c1-11(12)7(19)5(2-18)20-10(11)17-4-16-6-8(13)14-3-15-9(6)17/h3-5,7,10,18-19H,2H2,1H3,(H2,13,14,15)/t5-,7?,10-,11-/m1/s1. The smallest absolute Gasteiger partial charge is 0.181 e. The summed E-state index contributed by atoms with van der Waals surface area (Å²) in [5.41, 5.74) is 4.20. The quantitative estimate of drug-likeness (QED) is 0.672. The summed E-state index contributed by atoms with van der Waals surface area (Å²) in [5.74, 6) is 0.173. The van der Waals surface area contributed by atoms with Crippen LogP contribution in [0.25, 0.3) is 11.2 Å². The number of nitrogens with two attached hydrogens (primary N) is 1. The Morgan fingerprint density at radius 3 is 2.90 bits per heavy atom. The van der Waals surface area contributed by atoms with Gasteiger partial charge in [-0.05, 0) is 6.92 Å². The number of alkyl halides is 1. The third-order valence-electron chi connectivity index (χ3n) is 3.54. The summed E-state index contributed by atoms with van der Waals surface area (Å²) < 4.78 is 21.4. The number of aromatic nitrogens is 4. The van der Waals surface area contributed by atoms with Gasteiger partial charge in [0.1, 0.15) is 24.1 Å². The number of imidazole rings is 1. The zero-order valence-corrected chi connectivity index (χ0v) is 10.6. The molecular formula is C11H14FN5O3. The Hall–Kier alpha value is -1.84. The van der Waals surface area contributed by atoms with Crippen molar-refractivity contribution in [2.75, 3.05) is 12.3 Å². The molecule has 4 N–H and O–H groups in total. The van der Waals surface area contributed by atoms with Crippen molar-refractivity contribution in [3.63, 3.8) is 0 Å². The number of anilines is 1. The molecule has 0 radical (unpaired) electrons. The van der Waals surface area contributed by atoms with Crippen molar-refractivity contribution in [2.24, 2.45) is 0 Å². The lowest BCUT2D eigenvalue weighted by Gasteiger charge is -2.24. The van der Waals surface area contributed by atoms with Gasteiger partial charge in [0.2, 0.25) is 0 Å². The molecule has 0 bridgehead atoms. The van der Waals surface area contributed by atoms with Crippen LogP contribution >= 0.6 is 0 Å². The maximum atomic E-state index is 14.7. The summed E-state index contributed by atoms with van der Waals surface area (Å²) in [5, 5.41) is 19.0. The maximum Gasteiger partial charge on any atom is 0.181 e. The first kappa shape index (κ1) is 13.2. The second-order valence-corrected chi connectivity index (χ2v) is 4.89. The van der Waals surface area contributed by atoms with Crippen LogP contribution in [0.1, 0.15) is 13.2 Å². The molecule has 2 aromatic rings. The Labute approximate surface area is 113 Å². The molecule has 4 atom stereocenters. The number of fused-ring (bicyclic) bond motifs is 1. The van der Waals surface area contributed by atoms with Crippen molar-refractivity contribution in [1.29, 1.82) is 0 Å². The molecule has 0 saturated carbocycles. The van der Waals surface area contributed by atoms with Gasteiger partial charge in [0.05, 0.1) is 12.9 Å². The van der Waals surface area contributed by atoms with Crippen LogP contribution in [0.4, 0.5) is 10.2 Å². The number of nitrogen functional groups attached to an aromatic ring is 1. The van der Waals surface area contributed by atoms with E-state index in [1.54, 1.807) is 0 Å². The molecule has 8 nitrogen and oxygen atoms in total. The fourth-order valence-electron chi connectivity index (χ4n) is 2.40. The van der Waals surface area contributed by atoms with Gasteiger partial charge in [-0.3, -0.25) is 4.57 Å². The molecule has 0 spiro atoms. The Bertz CT molecular complexity index is 646. The summed E-state index contributed by atoms with van der Waals surface area (Å²) in [7, 11) is 0. The fourth-order valence-corrected chi connectivity index (χ4v) is 2.40. The molecule has 0 amide bonds. The fraction of sp³-hybridized carbons (Fsp3) is 0.545. The zero-order valence-electron chi connectivity index (χ0n) is 10.6. The zero-order chi connectivity index (χ0) is 14.5. The molecule has 1 aliphatic heterocycles. The molecule has 3 rings (SSSR count). The highest BCUT2D eigenvalue weighted by Gasteiger charge is 2.55. The van der Waals surface area contributed by atoms with Crippen molar-refractivity contribution >= 4 is 17.0 Å². The van der Waals surface area contributed by atoms with E-state index in [1.165, 1.54) is 24.1 Å². The van der Waals surface area contributed by atoms with Crippen LogP contribution in [0.5, 0.6) is 0 Å². The number of halogens is 1. The van der Waals surface area contributed by atoms with E-state index in [-0.39, 0.29) is 5.82 Å². The summed E-state index contributed by atoms with van der Waals surface area (Å²) in [4.78, 5) is 11.8. The van der Waals surface area contributed by atoms with Crippen molar-refractivity contribution in [3.8, 4) is 0 Å². The van der Waals surface area contributed by atoms with Gasteiger partial charge in [0, 0.05) is 0 Å². The molecule has 20 heavy (non-hydrogen) atoms. The van der Waals surface area contributed by atoms with Crippen molar-refractivity contribution in [2.45, 2.75) is 31.0 Å². The monoisotopic (exact) mass is 283 g/mol. The third kappa shape index (κ3) is 1.67. The minimum Gasteiger partial charge on any atom is -0.394 e. The highest BCUT2D eigenvalue weighted by Crippen LogP contribution is 2.42. The summed E-state index contributed by atoms with van der Waals surface area (Å²) >= 11 is 0. The second kappa shape index (κ2) is 4.33. The predicted octanol–water partition coefficient (Wildman–Crippen LogP) is -0.613. The Kier molecular flexibility index (Phi) is 2.85. The SMILES string of the molecule is C[C@@]1(F)C(O)[C@@H](CO)O[C@H]1n1cnc2c(N)ncnc21. The second-order valence-electron chi connectivity index (χ2n) is 4.89. The van der Waals surface area contributed by atoms with Crippen molar-refractivity contribution in [1.82, 2.24) is 19.5 Å². The maximum absolute atomic E-state index is 14.7. The molecular weight excluding hydrogens is 269 g/mol. The molecule has 0 aromatic carbocycles.